The molecule has 7 rings (SSSR count). The van der Waals surface area contributed by atoms with Crippen molar-refractivity contribution in [2.75, 3.05) is 25.5 Å². The van der Waals surface area contributed by atoms with Gasteiger partial charge in [-0.2, -0.15) is 0 Å². The van der Waals surface area contributed by atoms with E-state index in [1.54, 1.807) is 24.3 Å². The van der Waals surface area contributed by atoms with Crippen LogP contribution < -0.4 is 10.1 Å². The van der Waals surface area contributed by atoms with Gasteiger partial charge in [0.1, 0.15) is 11.9 Å². The molecule has 0 aromatic heterocycles. The minimum absolute atomic E-state index is 0.0684. The molecule has 2 bridgehead atoms. The Kier molecular flexibility index (Phi) is 7.82. The first-order valence-corrected chi connectivity index (χ1v) is 16.2. The fourth-order valence-electron chi connectivity index (χ4n) is 8.86. The van der Waals surface area contributed by atoms with E-state index in [0.29, 0.717) is 17.7 Å². The third-order valence-electron chi connectivity index (χ3n) is 10.8. The van der Waals surface area contributed by atoms with Crippen LogP contribution in [0.5, 0.6) is 5.75 Å². The number of alkyl halides is 3. The van der Waals surface area contributed by atoms with Crippen LogP contribution >= 0.6 is 0 Å². The monoisotopic (exact) mass is 647 g/mol. The van der Waals surface area contributed by atoms with E-state index in [0.717, 1.165) is 68.6 Å². The van der Waals surface area contributed by atoms with E-state index in [4.69, 9.17) is 9.47 Å². The smallest absolute Gasteiger partial charge is 0.487 e. The van der Waals surface area contributed by atoms with Crippen LogP contribution in [0.25, 0.3) is 5.76 Å². The molecule has 2 fully saturated rings. The predicted molar refractivity (Wildman–Crippen MR) is 169 cm³/mol. The summed E-state index contributed by atoms with van der Waals surface area (Å²) >= 11 is 0. The lowest BCUT2D eigenvalue weighted by Crippen LogP contribution is -2.70. The summed E-state index contributed by atoms with van der Waals surface area (Å²) < 4.78 is 58.2. The lowest BCUT2D eigenvalue weighted by Gasteiger charge is -2.60. The number of ether oxygens (including phenoxy) is 3. The minimum Gasteiger partial charge on any atom is -0.487 e. The van der Waals surface area contributed by atoms with Gasteiger partial charge in [0, 0.05) is 43.2 Å². The third-order valence-corrected chi connectivity index (χ3v) is 10.8. The number of carbonyl (C=O) groups excluding carboxylic acids is 2. The lowest BCUT2D eigenvalue weighted by molar-refractivity contribution is -0.945. The van der Waals surface area contributed by atoms with Gasteiger partial charge < -0.3 is 24.0 Å². The Bertz CT molecular complexity index is 1730. The maximum absolute atomic E-state index is 13.7. The topological polar surface area (TPSA) is 73.9 Å². The number of esters is 1. The van der Waals surface area contributed by atoms with Gasteiger partial charge in [-0.3, -0.25) is 9.59 Å². The molecule has 1 spiro atoms. The van der Waals surface area contributed by atoms with Crippen LogP contribution in [-0.2, 0) is 37.3 Å². The van der Waals surface area contributed by atoms with Crippen molar-refractivity contribution in [1.29, 1.82) is 0 Å². The van der Waals surface area contributed by atoms with Crippen molar-refractivity contribution >= 4 is 23.3 Å². The highest BCUT2D eigenvalue weighted by Gasteiger charge is 2.66. The molecule has 3 aromatic rings. The fourth-order valence-corrected chi connectivity index (χ4v) is 8.86. The third kappa shape index (κ3) is 5.56. The number of benzene rings is 3. The molecule has 2 aliphatic carbocycles. The van der Waals surface area contributed by atoms with Gasteiger partial charge >= 0.3 is 12.3 Å². The number of carbonyl (C=O) groups is 2. The van der Waals surface area contributed by atoms with Crippen molar-refractivity contribution in [2.45, 2.75) is 69.4 Å². The first-order chi connectivity index (χ1) is 22.5. The molecule has 1 amide bonds. The Morgan fingerprint density at radius 3 is 2.45 bits per heavy atom. The van der Waals surface area contributed by atoms with E-state index < -0.39 is 29.8 Å². The van der Waals surface area contributed by atoms with E-state index in [9.17, 15) is 22.8 Å². The van der Waals surface area contributed by atoms with Crippen LogP contribution in [-0.4, -0.2) is 55.0 Å². The standard InChI is InChI=1S/C37H37F3N2O5/c1-23(43)45-32(25-12-7-4-8-13-25)34(47-37(38,39)40)35(44)41-28-17-16-26-22-29-27-14-9-15-30-36(27,31(26)33(28)46-30)19-21-42(29,2)20-18-24-10-5-3-6-11-24/h3-8,10-13,16-17,27,29-30H,9,14-15,18-22H2,1-2H3/p+1/t27-,29+,30-,36+,42?/m0/s1. The fraction of sp³-hybridized carbons (Fsp3) is 0.405. The van der Waals surface area contributed by atoms with Gasteiger partial charge in [-0.05, 0) is 36.5 Å². The minimum atomic E-state index is -5.22. The molecule has 3 aromatic carbocycles. The van der Waals surface area contributed by atoms with Crippen LogP contribution in [0.3, 0.4) is 0 Å². The second-order valence-corrected chi connectivity index (χ2v) is 13.5. The van der Waals surface area contributed by atoms with Crippen LogP contribution in [0.4, 0.5) is 18.9 Å². The number of nitrogens with zero attached hydrogens (tertiary/aromatic N) is 1. The zero-order chi connectivity index (χ0) is 33.0. The highest BCUT2D eigenvalue weighted by Crippen LogP contribution is 2.64. The Morgan fingerprint density at radius 2 is 1.74 bits per heavy atom. The van der Waals surface area contributed by atoms with E-state index in [-0.39, 0.29) is 22.8 Å². The number of halogens is 3. The van der Waals surface area contributed by atoms with Crippen molar-refractivity contribution in [3.63, 3.8) is 0 Å². The second kappa shape index (κ2) is 11.7. The maximum Gasteiger partial charge on any atom is 0.573 e. The zero-order valence-electron chi connectivity index (χ0n) is 26.4. The molecule has 1 N–H and O–H groups in total. The molecule has 1 saturated carbocycles. The summed E-state index contributed by atoms with van der Waals surface area (Å²) in [5, 5.41) is 2.65. The van der Waals surface area contributed by atoms with E-state index >= 15 is 0 Å². The number of rotatable bonds is 8. The van der Waals surface area contributed by atoms with Crippen LogP contribution in [0.1, 0.15) is 54.9 Å². The molecule has 2 aliphatic heterocycles. The predicted octanol–water partition coefficient (Wildman–Crippen LogP) is 6.91. The van der Waals surface area contributed by atoms with Crippen molar-refractivity contribution in [3.8, 4) is 5.75 Å². The Hall–Kier alpha value is -4.31. The molecule has 5 atom stereocenters. The van der Waals surface area contributed by atoms with Crippen LogP contribution in [0, 0.1) is 5.92 Å². The first kappa shape index (κ1) is 31.3. The molecular formula is C37H38F3N2O5+. The number of quaternary nitrogens is 1. The lowest BCUT2D eigenvalue weighted by atomic mass is 9.51. The zero-order valence-corrected chi connectivity index (χ0v) is 26.4. The average molecular weight is 648 g/mol. The Labute approximate surface area is 271 Å². The summed E-state index contributed by atoms with van der Waals surface area (Å²) in [6.07, 6.45) is 0.531. The number of hydrogen-bond donors (Lipinski definition) is 1. The SMILES string of the molecule is CC(=O)OC(=C(OC(F)(F)F)C(=O)Nc1ccc2c3c1O[C@H]1CCC[C@H]4[C@@H](C2)[N+](C)(CCc2ccccc2)CC[C@]314)c1ccccc1. The summed E-state index contributed by atoms with van der Waals surface area (Å²) in [5.74, 6) is -2.96. The average Bonchev–Trinajstić information content (AvgIpc) is 3.40. The number of hydrogen-bond acceptors (Lipinski definition) is 5. The summed E-state index contributed by atoms with van der Waals surface area (Å²) in [6.45, 7) is 3.09. The first-order valence-electron chi connectivity index (χ1n) is 16.2. The van der Waals surface area contributed by atoms with Gasteiger partial charge in [0.05, 0.1) is 37.3 Å². The quantitative estimate of drug-likeness (QED) is 0.125. The number of nitrogens with one attached hydrogen (secondary N) is 1. The molecule has 10 heteroatoms. The highest BCUT2D eigenvalue weighted by atomic mass is 19.4. The van der Waals surface area contributed by atoms with Gasteiger partial charge in [0.15, 0.2) is 5.76 Å². The molecule has 1 unspecified atom stereocenters. The van der Waals surface area contributed by atoms with Gasteiger partial charge in [-0.1, -0.05) is 66.7 Å². The summed E-state index contributed by atoms with van der Waals surface area (Å²) in [5.41, 5.74) is 3.77. The molecule has 47 heavy (non-hydrogen) atoms. The van der Waals surface area contributed by atoms with Crippen molar-refractivity contribution < 1.29 is 41.5 Å². The van der Waals surface area contributed by atoms with Crippen LogP contribution in [0.15, 0.2) is 78.6 Å². The van der Waals surface area contributed by atoms with Crippen molar-refractivity contribution in [3.05, 3.63) is 101 Å². The number of likely N-dealkylation sites (tertiary alicyclic amines) is 1. The summed E-state index contributed by atoms with van der Waals surface area (Å²) in [4.78, 5) is 25.7. The maximum atomic E-state index is 13.7. The van der Waals surface area contributed by atoms with Gasteiger partial charge in [0.25, 0.3) is 5.91 Å². The largest absolute Gasteiger partial charge is 0.573 e. The number of piperidine rings is 1. The highest BCUT2D eigenvalue weighted by molar-refractivity contribution is 6.08. The van der Waals surface area contributed by atoms with Gasteiger partial charge in [0.2, 0.25) is 5.76 Å². The van der Waals surface area contributed by atoms with Crippen LogP contribution in [0.2, 0.25) is 0 Å². The summed E-state index contributed by atoms with van der Waals surface area (Å²) in [6, 6.07) is 22.3. The Morgan fingerprint density at radius 1 is 1.02 bits per heavy atom. The number of amides is 1. The molecular weight excluding hydrogens is 609 g/mol. The molecule has 1 saturated heterocycles. The van der Waals surface area contributed by atoms with Gasteiger partial charge in [-0.15, -0.1) is 13.2 Å². The van der Waals surface area contributed by atoms with Crippen molar-refractivity contribution in [2.24, 2.45) is 5.92 Å². The summed E-state index contributed by atoms with van der Waals surface area (Å²) in [7, 11) is 2.39. The van der Waals surface area contributed by atoms with Gasteiger partial charge in [-0.25, -0.2) is 0 Å². The molecule has 246 valence electrons. The van der Waals surface area contributed by atoms with E-state index in [2.05, 4.69) is 41.4 Å². The second-order valence-electron chi connectivity index (χ2n) is 13.5. The normalized spacial score (nSPS) is 27.6. The molecule has 0 radical (unpaired) electrons. The number of likely N-dealkylation sites (N-methyl/N-ethyl adjacent to an activating group) is 1. The Balaban J connectivity index is 1.25. The molecule has 7 nitrogen and oxygen atoms in total. The van der Waals surface area contributed by atoms with E-state index in [1.807, 2.05) is 12.1 Å². The molecule has 2 heterocycles. The number of anilines is 1. The van der Waals surface area contributed by atoms with Crippen molar-refractivity contribution in [1.82, 2.24) is 0 Å². The molecule has 4 aliphatic rings. The van der Waals surface area contributed by atoms with E-state index in [1.165, 1.54) is 23.3 Å².